The van der Waals surface area contributed by atoms with Crippen molar-refractivity contribution >= 4 is 0 Å². The standard InChI is InChI=1S/C22H23F2N3/c1-15-3-2-4-17(11-15)20-13-25-26-22(20)16-7-9-27(10-8-16)14-18-5-6-19(23)12-21(18)24/h2-6,11-13,16H,7-10,14H2,1H3,(H,25,26). The van der Waals surface area contributed by atoms with Gasteiger partial charge < -0.3 is 0 Å². The molecular weight excluding hydrogens is 344 g/mol. The van der Waals surface area contributed by atoms with E-state index in [1.807, 2.05) is 6.20 Å². The van der Waals surface area contributed by atoms with Crippen LogP contribution in [0.5, 0.6) is 0 Å². The maximum atomic E-state index is 13.9. The first-order valence-corrected chi connectivity index (χ1v) is 9.37. The molecule has 0 radical (unpaired) electrons. The quantitative estimate of drug-likeness (QED) is 0.700. The number of piperidine rings is 1. The lowest BCUT2D eigenvalue weighted by atomic mass is 9.89. The van der Waals surface area contributed by atoms with Crippen molar-refractivity contribution in [3.8, 4) is 11.1 Å². The predicted molar refractivity (Wildman–Crippen MR) is 102 cm³/mol. The zero-order chi connectivity index (χ0) is 18.8. The molecule has 0 saturated carbocycles. The van der Waals surface area contributed by atoms with E-state index in [0.717, 1.165) is 32.0 Å². The molecule has 0 atom stereocenters. The zero-order valence-corrected chi connectivity index (χ0v) is 15.4. The van der Waals surface area contributed by atoms with Crippen LogP contribution >= 0.6 is 0 Å². The molecule has 3 nitrogen and oxygen atoms in total. The summed E-state index contributed by atoms with van der Waals surface area (Å²) in [7, 11) is 0. The second-order valence-electron chi connectivity index (χ2n) is 7.35. The highest BCUT2D eigenvalue weighted by Crippen LogP contribution is 2.34. The molecule has 1 aliphatic heterocycles. The highest BCUT2D eigenvalue weighted by molar-refractivity contribution is 5.66. The van der Waals surface area contributed by atoms with Crippen LogP contribution in [-0.2, 0) is 6.54 Å². The Kier molecular flexibility index (Phi) is 5.03. The van der Waals surface area contributed by atoms with Crippen LogP contribution in [0.15, 0.2) is 48.7 Å². The second kappa shape index (κ2) is 7.61. The molecule has 2 heterocycles. The van der Waals surface area contributed by atoms with Crippen LogP contribution in [0, 0.1) is 18.6 Å². The number of hydrogen-bond donors (Lipinski definition) is 1. The Bertz CT molecular complexity index is 927. The summed E-state index contributed by atoms with van der Waals surface area (Å²) in [6, 6.07) is 12.3. The van der Waals surface area contributed by atoms with Crippen LogP contribution in [0.1, 0.15) is 35.6 Å². The topological polar surface area (TPSA) is 31.9 Å². The fraction of sp³-hybridized carbons (Fsp3) is 0.318. The molecule has 1 N–H and O–H groups in total. The third kappa shape index (κ3) is 3.93. The minimum Gasteiger partial charge on any atom is -0.299 e. The van der Waals surface area contributed by atoms with Gasteiger partial charge in [-0.05, 0) is 44.5 Å². The van der Waals surface area contributed by atoms with E-state index in [4.69, 9.17) is 0 Å². The first-order valence-electron chi connectivity index (χ1n) is 9.37. The molecule has 5 heteroatoms. The summed E-state index contributed by atoms with van der Waals surface area (Å²) < 4.78 is 27.0. The number of hydrogen-bond acceptors (Lipinski definition) is 2. The maximum absolute atomic E-state index is 13.9. The number of benzene rings is 2. The van der Waals surface area contributed by atoms with Gasteiger partial charge in [0.1, 0.15) is 11.6 Å². The van der Waals surface area contributed by atoms with Crippen LogP contribution in [0.4, 0.5) is 8.78 Å². The van der Waals surface area contributed by atoms with Gasteiger partial charge in [0, 0.05) is 35.3 Å². The molecule has 0 aliphatic carbocycles. The molecule has 1 aliphatic rings. The van der Waals surface area contributed by atoms with E-state index in [2.05, 4.69) is 46.3 Å². The number of aromatic nitrogens is 2. The number of nitrogens with one attached hydrogen (secondary N) is 1. The molecule has 0 unspecified atom stereocenters. The Morgan fingerprint density at radius 3 is 2.67 bits per heavy atom. The average Bonchev–Trinajstić information content (AvgIpc) is 3.14. The van der Waals surface area contributed by atoms with Crippen LogP contribution in [-0.4, -0.2) is 28.2 Å². The summed E-state index contributed by atoms with van der Waals surface area (Å²) in [4.78, 5) is 2.23. The van der Waals surface area contributed by atoms with Gasteiger partial charge in [-0.2, -0.15) is 5.10 Å². The Hall–Kier alpha value is -2.53. The third-order valence-electron chi connectivity index (χ3n) is 5.40. The van der Waals surface area contributed by atoms with Crippen molar-refractivity contribution in [1.29, 1.82) is 0 Å². The molecule has 4 rings (SSSR count). The molecule has 2 aromatic carbocycles. The normalized spacial score (nSPS) is 16.0. The van der Waals surface area contributed by atoms with E-state index in [9.17, 15) is 8.78 Å². The third-order valence-corrected chi connectivity index (χ3v) is 5.40. The van der Waals surface area contributed by atoms with Gasteiger partial charge >= 0.3 is 0 Å². The van der Waals surface area contributed by atoms with Crippen molar-refractivity contribution in [3.05, 3.63) is 77.1 Å². The summed E-state index contributed by atoms with van der Waals surface area (Å²) in [5, 5.41) is 7.49. The largest absolute Gasteiger partial charge is 0.299 e. The first kappa shape index (κ1) is 17.9. The van der Waals surface area contributed by atoms with Gasteiger partial charge in [0.15, 0.2) is 0 Å². The fourth-order valence-electron chi connectivity index (χ4n) is 3.92. The lowest BCUT2D eigenvalue weighted by Crippen LogP contribution is -2.33. The lowest BCUT2D eigenvalue weighted by Gasteiger charge is -2.32. The number of aromatic amines is 1. The van der Waals surface area contributed by atoms with Crippen LogP contribution in [0.2, 0.25) is 0 Å². The molecule has 1 aromatic heterocycles. The monoisotopic (exact) mass is 367 g/mol. The van der Waals surface area contributed by atoms with Crippen molar-refractivity contribution in [1.82, 2.24) is 15.1 Å². The number of aryl methyl sites for hydroxylation is 1. The second-order valence-corrected chi connectivity index (χ2v) is 7.35. The predicted octanol–water partition coefficient (Wildman–Crippen LogP) is 5.04. The SMILES string of the molecule is Cc1cccc(-c2cn[nH]c2C2CCN(Cc3ccc(F)cc3F)CC2)c1. The van der Waals surface area contributed by atoms with Crippen molar-refractivity contribution in [3.63, 3.8) is 0 Å². The van der Waals surface area contributed by atoms with Crippen LogP contribution in [0.25, 0.3) is 11.1 Å². The first-order chi connectivity index (χ1) is 13.1. The smallest absolute Gasteiger partial charge is 0.130 e. The number of halogens is 2. The Morgan fingerprint density at radius 1 is 1.11 bits per heavy atom. The Labute approximate surface area is 158 Å². The molecule has 27 heavy (non-hydrogen) atoms. The number of H-pyrrole nitrogens is 1. The summed E-state index contributed by atoms with van der Waals surface area (Å²) in [5.74, 6) is -0.581. The molecule has 0 amide bonds. The number of likely N-dealkylation sites (tertiary alicyclic amines) is 1. The van der Waals surface area contributed by atoms with Gasteiger partial charge in [0.25, 0.3) is 0 Å². The fourth-order valence-corrected chi connectivity index (χ4v) is 3.92. The molecule has 3 aromatic rings. The summed E-state index contributed by atoms with van der Waals surface area (Å²) in [6.07, 6.45) is 3.89. The minimum atomic E-state index is -0.530. The van der Waals surface area contributed by atoms with Crippen LogP contribution in [0.3, 0.4) is 0 Å². The molecule has 0 bridgehead atoms. The van der Waals surface area contributed by atoms with E-state index in [1.165, 1.54) is 28.5 Å². The molecule has 0 spiro atoms. The molecule has 1 saturated heterocycles. The van der Waals surface area contributed by atoms with Gasteiger partial charge in [0.2, 0.25) is 0 Å². The highest BCUT2D eigenvalue weighted by atomic mass is 19.1. The average molecular weight is 367 g/mol. The van der Waals surface area contributed by atoms with Crippen molar-refractivity contribution in [2.24, 2.45) is 0 Å². The van der Waals surface area contributed by atoms with E-state index in [0.29, 0.717) is 18.0 Å². The van der Waals surface area contributed by atoms with E-state index in [1.54, 1.807) is 6.07 Å². The van der Waals surface area contributed by atoms with Crippen molar-refractivity contribution in [2.45, 2.75) is 32.2 Å². The lowest BCUT2D eigenvalue weighted by molar-refractivity contribution is 0.201. The van der Waals surface area contributed by atoms with E-state index >= 15 is 0 Å². The Morgan fingerprint density at radius 2 is 1.93 bits per heavy atom. The summed E-state index contributed by atoms with van der Waals surface area (Å²) in [6.45, 7) is 4.38. The zero-order valence-electron chi connectivity index (χ0n) is 15.4. The molecule has 1 fully saturated rings. The van der Waals surface area contributed by atoms with Crippen molar-refractivity contribution < 1.29 is 8.78 Å². The number of rotatable bonds is 4. The molecule has 140 valence electrons. The van der Waals surface area contributed by atoms with E-state index < -0.39 is 11.6 Å². The maximum Gasteiger partial charge on any atom is 0.130 e. The Balaban J connectivity index is 1.44. The summed E-state index contributed by atoms with van der Waals surface area (Å²) in [5.41, 5.74) is 5.33. The van der Waals surface area contributed by atoms with Crippen LogP contribution < -0.4 is 0 Å². The highest BCUT2D eigenvalue weighted by Gasteiger charge is 2.25. The summed E-state index contributed by atoms with van der Waals surface area (Å²) >= 11 is 0. The van der Waals surface area contributed by atoms with Gasteiger partial charge in [-0.25, -0.2) is 8.78 Å². The van der Waals surface area contributed by atoms with Gasteiger partial charge in [-0.3, -0.25) is 10.00 Å². The van der Waals surface area contributed by atoms with Gasteiger partial charge in [-0.15, -0.1) is 0 Å². The number of nitrogens with zero attached hydrogens (tertiary/aromatic N) is 2. The van der Waals surface area contributed by atoms with E-state index in [-0.39, 0.29) is 0 Å². The van der Waals surface area contributed by atoms with Gasteiger partial charge in [0.05, 0.1) is 6.20 Å². The van der Waals surface area contributed by atoms with Crippen molar-refractivity contribution in [2.75, 3.05) is 13.1 Å². The molecular formula is C22H23F2N3. The van der Waals surface area contributed by atoms with Gasteiger partial charge in [-0.1, -0.05) is 35.9 Å². The minimum absolute atomic E-state index is 0.414.